The summed E-state index contributed by atoms with van der Waals surface area (Å²) < 4.78 is 42.2. The van der Waals surface area contributed by atoms with Crippen LogP contribution in [0.4, 0.5) is 13.2 Å². The third-order valence-electron chi connectivity index (χ3n) is 5.69. The standard InChI is InChI=1S/C24H24ClF3N4O2/c25-18-8-5-17(6-9-18)22-30-32(23(34)31(22)14-13-29-19-10-11-19)15-20(33)12-7-16-3-1-2-4-21(16)24(26,27)28/h1-6,8-9,19,29H,7,10-15H2. The molecule has 0 aliphatic heterocycles. The van der Waals surface area contributed by atoms with Gasteiger partial charge in [0.15, 0.2) is 11.6 Å². The summed E-state index contributed by atoms with van der Waals surface area (Å²) in [6.07, 6.45) is -2.46. The number of nitrogens with zero attached hydrogens (tertiary/aromatic N) is 3. The molecule has 180 valence electrons. The van der Waals surface area contributed by atoms with Crippen molar-refractivity contribution >= 4 is 17.4 Å². The fourth-order valence-electron chi connectivity index (χ4n) is 3.76. The van der Waals surface area contributed by atoms with Crippen LogP contribution in [0.2, 0.25) is 5.02 Å². The van der Waals surface area contributed by atoms with Gasteiger partial charge in [-0.25, -0.2) is 9.48 Å². The van der Waals surface area contributed by atoms with E-state index in [2.05, 4.69) is 10.4 Å². The van der Waals surface area contributed by atoms with Crippen molar-refractivity contribution in [3.63, 3.8) is 0 Å². The number of ketones is 1. The first-order valence-corrected chi connectivity index (χ1v) is 11.4. The quantitative estimate of drug-likeness (QED) is 0.457. The number of hydrogen-bond donors (Lipinski definition) is 1. The molecule has 0 unspecified atom stereocenters. The molecule has 1 aliphatic rings. The molecule has 0 amide bonds. The molecule has 0 spiro atoms. The zero-order valence-corrected chi connectivity index (χ0v) is 19.1. The van der Waals surface area contributed by atoms with Gasteiger partial charge < -0.3 is 5.32 Å². The van der Waals surface area contributed by atoms with Gasteiger partial charge in [-0.1, -0.05) is 29.8 Å². The zero-order valence-electron chi connectivity index (χ0n) is 18.3. The van der Waals surface area contributed by atoms with Gasteiger partial charge in [-0.15, -0.1) is 5.10 Å². The maximum Gasteiger partial charge on any atom is 0.416 e. The van der Waals surface area contributed by atoms with Crippen molar-refractivity contribution in [3.8, 4) is 11.4 Å². The van der Waals surface area contributed by atoms with Gasteiger partial charge in [0.25, 0.3) is 0 Å². The lowest BCUT2D eigenvalue weighted by atomic mass is 10.0. The van der Waals surface area contributed by atoms with Crippen LogP contribution in [0, 0.1) is 0 Å². The van der Waals surface area contributed by atoms with E-state index in [0.717, 1.165) is 23.6 Å². The van der Waals surface area contributed by atoms with Crippen LogP contribution in [0.15, 0.2) is 53.3 Å². The molecular weight excluding hydrogens is 469 g/mol. The lowest BCUT2D eigenvalue weighted by molar-refractivity contribution is -0.138. The highest BCUT2D eigenvalue weighted by Crippen LogP contribution is 2.32. The van der Waals surface area contributed by atoms with E-state index < -0.39 is 17.4 Å². The molecule has 1 N–H and O–H groups in total. The van der Waals surface area contributed by atoms with Gasteiger partial charge in [-0.05, 0) is 55.2 Å². The number of benzene rings is 2. The van der Waals surface area contributed by atoms with E-state index >= 15 is 0 Å². The Morgan fingerprint density at radius 1 is 1.12 bits per heavy atom. The Balaban J connectivity index is 1.50. The van der Waals surface area contributed by atoms with Gasteiger partial charge >= 0.3 is 11.9 Å². The molecule has 1 aromatic heterocycles. The number of rotatable bonds is 10. The highest BCUT2D eigenvalue weighted by Gasteiger charge is 2.32. The second kappa shape index (κ2) is 10.1. The Morgan fingerprint density at radius 2 is 1.82 bits per heavy atom. The minimum absolute atomic E-state index is 0.0502. The van der Waals surface area contributed by atoms with Crippen LogP contribution in [0.5, 0.6) is 0 Å². The molecule has 0 radical (unpaired) electrons. The van der Waals surface area contributed by atoms with Crippen molar-refractivity contribution in [2.24, 2.45) is 0 Å². The molecule has 0 atom stereocenters. The van der Waals surface area contributed by atoms with Gasteiger partial charge in [-0.2, -0.15) is 13.2 Å². The molecule has 1 heterocycles. The number of aromatic nitrogens is 3. The zero-order chi connectivity index (χ0) is 24.3. The van der Waals surface area contributed by atoms with Crippen LogP contribution in [-0.4, -0.2) is 32.7 Å². The van der Waals surface area contributed by atoms with Crippen molar-refractivity contribution in [2.75, 3.05) is 6.54 Å². The number of alkyl halides is 3. The topological polar surface area (TPSA) is 68.9 Å². The molecule has 4 rings (SSSR count). The maximum atomic E-state index is 13.2. The van der Waals surface area contributed by atoms with E-state index in [-0.39, 0.29) is 30.7 Å². The highest BCUT2D eigenvalue weighted by molar-refractivity contribution is 6.30. The molecule has 1 fully saturated rings. The Hall–Kier alpha value is -2.91. The molecule has 34 heavy (non-hydrogen) atoms. The first-order chi connectivity index (χ1) is 16.2. The van der Waals surface area contributed by atoms with Crippen LogP contribution >= 0.6 is 11.6 Å². The molecular formula is C24H24ClF3N4O2. The normalized spacial score (nSPS) is 13.9. The lowest BCUT2D eigenvalue weighted by Crippen LogP contribution is -2.31. The Kier molecular flexibility index (Phi) is 7.23. The van der Waals surface area contributed by atoms with Crippen LogP contribution in [0.3, 0.4) is 0 Å². The summed E-state index contributed by atoms with van der Waals surface area (Å²) in [6, 6.07) is 12.5. The van der Waals surface area contributed by atoms with E-state index in [1.165, 1.54) is 22.8 Å². The number of carbonyl (C=O) groups is 1. The van der Waals surface area contributed by atoms with E-state index in [9.17, 15) is 22.8 Å². The molecule has 6 nitrogen and oxygen atoms in total. The summed E-state index contributed by atoms with van der Waals surface area (Å²) in [5.41, 5.74) is -0.462. The monoisotopic (exact) mass is 492 g/mol. The first-order valence-electron chi connectivity index (χ1n) is 11.1. The SMILES string of the molecule is O=C(CCc1ccccc1C(F)(F)F)Cn1nc(-c2ccc(Cl)cc2)n(CCNC2CC2)c1=O. The van der Waals surface area contributed by atoms with E-state index in [1.54, 1.807) is 24.3 Å². The van der Waals surface area contributed by atoms with Crippen molar-refractivity contribution in [1.82, 2.24) is 19.7 Å². The number of hydrogen-bond acceptors (Lipinski definition) is 4. The highest BCUT2D eigenvalue weighted by atomic mass is 35.5. The summed E-state index contributed by atoms with van der Waals surface area (Å²) in [5.74, 6) is 0.0389. The average molecular weight is 493 g/mol. The Labute approximate surface area is 199 Å². The molecule has 1 aliphatic carbocycles. The number of nitrogens with one attached hydrogen (secondary N) is 1. The smallest absolute Gasteiger partial charge is 0.312 e. The fourth-order valence-corrected chi connectivity index (χ4v) is 3.89. The van der Waals surface area contributed by atoms with Gasteiger partial charge in [-0.3, -0.25) is 9.36 Å². The van der Waals surface area contributed by atoms with Crippen LogP contribution in [0.1, 0.15) is 30.4 Å². The summed E-state index contributed by atoms with van der Waals surface area (Å²) in [6.45, 7) is 0.649. The summed E-state index contributed by atoms with van der Waals surface area (Å²) in [5, 5.41) is 8.26. The Morgan fingerprint density at radius 3 is 2.50 bits per heavy atom. The van der Waals surface area contributed by atoms with Crippen LogP contribution in [0.25, 0.3) is 11.4 Å². The molecule has 10 heteroatoms. The average Bonchev–Trinajstić information content (AvgIpc) is 3.58. The maximum absolute atomic E-state index is 13.2. The van der Waals surface area contributed by atoms with Crippen molar-refractivity contribution in [2.45, 2.75) is 51.0 Å². The van der Waals surface area contributed by atoms with Crippen molar-refractivity contribution in [1.29, 1.82) is 0 Å². The number of Topliss-reactive ketones (excluding diaryl/α,β-unsaturated/α-hetero) is 1. The van der Waals surface area contributed by atoms with Gasteiger partial charge in [0.2, 0.25) is 0 Å². The van der Waals surface area contributed by atoms with Crippen LogP contribution < -0.4 is 11.0 Å². The van der Waals surface area contributed by atoms with Gasteiger partial charge in [0.05, 0.1) is 5.56 Å². The van der Waals surface area contributed by atoms with Crippen molar-refractivity contribution < 1.29 is 18.0 Å². The summed E-state index contributed by atoms with van der Waals surface area (Å²) in [4.78, 5) is 25.6. The molecule has 0 bridgehead atoms. The molecule has 0 saturated heterocycles. The third kappa shape index (κ3) is 5.95. The number of aryl methyl sites for hydroxylation is 1. The molecule has 3 aromatic rings. The van der Waals surface area contributed by atoms with Gasteiger partial charge in [0, 0.05) is 36.1 Å². The number of carbonyl (C=O) groups excluding carboxylic acids is 1. The minimum Gasteiger partial charge on any atom is -0.312 e. The predicted octanol–water partition coefficient (Wildman–Crippen LogP) is 4.34. The second-order valence-corrected chi connectivity index (χ2v) is 8.78. The third-order valence-corrected chi connectivity index (χ3v) is 5.95. The predicted molar refractivity (Wildman–Crippen MR) is 123 cm³/mol. The van der Waals surface area contributed by atoms with Crippen LogP contribution in [-0.2, 0) is 30.5 Å². The molecule has 2 aromatic carbocycles. The van der Waals surface area contributed by atoms with E-state index in [0.29, 0.717) is 35.5 Å². The number of halogens is 4. The molecule has 1 saturated carbocycles. The van der Waals surface area contributed by atoms with E-state index in [4.69, 9.17) is 11.6 Å². The Bertz CT molecular complexity index is 1210. The lowest BCUT2D eigenvalue weighted by Gasteiger charge is -2.12. The summed E-state index contributed by atoms with van der Waals surface area (Å²) in [7, 11) is 0. The largest absolute Gasteiger partial charge is 0.416 e. The summed E-state index contributed by atoms with van der Waals surface area (Å²) >= 11 is 5.97. The first kappa shape index (κ1) is 24.2. The minimum atomic E-state index is -4.49. The van der Waals surface area contributed by atoms with Crippen molar-refractivity contribution in [3.05, 3.63) is 75.2 Å². The fraction of sp³-hybridized carbons (Fsp3) is 0.375. The second-order valence-electron chi connectivity index (χ2n) is 8.34. The van der Waals surface area contributed by atoms with E-state index in [1.807, 2.05) is 0 Å². The van der Waals surface area contributed by atoms with Gasteiger partial charge in [0.1, 0.15) is 6.54 Å².